The van der Waals surface area contributed by atoms with E-state index in [4.69, 9.17) is 5.84 Å². The maximum atomic E-state index is 5.32. The van der Waals surface area contributed by atoms with E-state index in [2.05, 4.69) is 25.2 Å². The Morgan fingerprint density at radius 3 is 3.07 bits per heavy atom. The van der Waals surface area contributed by atoms with Gasteiger partial charge >= 0.3 is 0 Å². The van der Waals surface area contributed by atoms with E-state index in [1.54, 1.807) is 6.20 Å². The molecule has 0 unspecified atom stereocenters. The lowest BCUT2D eigenvalue weighted by Gasteiger charge is -2.01. The molecule has 3 N–H and O–H groups in total. The molecule has 0 aliphatic heterocycles. The summed E-state index contributed by atoms with van der Waals surface area (Å²) in [4.78, 5) is 4.27. The second-order valence-electron chi connectivity index (χ2n) is 3.45. The minimum Gasteiger partial charge on any atom is -0.326 e. The van der Waals surface area contributed by atoms with Crippen LogP contribution in [0.1, 0.15) is 18.9 Å². The maximum absolute atomic E-state index is 5.32. The van der Waals surface area contributed by atoms with Crippen LogP contribution in [0.15, 0.2) is 12.5 Å². The highest BCUT2D eigenvalue weighted by Crippen LogP contribution is 2.37. The molecule has 6 heteroatoms. The van der Waals surface area contributed by atoms with Gasteiger partial charge < -0.3 is 9.99 Å². The molecule has 72 valence electrons. The van der Waals surface area contributed by atoms with Gasteiger partial charge in [-0.1, -0.05) is 0 Å². The van der Waals surface area contributed by atoms with Crippen LogP contribution >= 0.6 is 0 Å². The monoisotopic (exact) mass is 190 g/mol. The van der Waals surface area contributed by atoms with Crippen molar-refractivity contribution in [2.75, 3.05) is 5.43 Å². The van der Waals surface area contributed by atoms with Crippen LogP contribution in [0, 0.1) is 0 Å². The quantitative estimate of drug-likeness (QED) is 0.530. The van der Waals surface area contributed by atoms with Crippen molar-refractivity contribution < 1.29 is 0 Å². The summed E-state index contributed by atoms with van der Waals surface area (Å²) < 4.78 is 2.13. The average Bonchev–Trinajstić information content (AvgIpc) is 2.97. The molecule has 1 aliphatic rings. The van der Waals surface area contributed by atoms with Crippen molar-refractivity contribution in [2.45, 2.75) is 18.9 Å². The van der Waals surface area contributed by atoms with Crippen molar-refractivity contribution in [3.63, 3.8) is 0 Å². The lowest BCUT2D eigenvalue weighted by Crippen LogP contribution is -2.09. The van der Waals surface area contributed by atoms with Gasteiger partial charge in [0.15, 0.2) is 5.82 Å². The molecule has 2 aromatic rings. The number of hydrazine groups is 1. The summed E-state index contributed by atoms with van der Waals surface area (Å²) in [7, 11) is 0. The van der Waals surface area contributed by atoms with Crippen LogP contribution < -0.4 is 11.3 Å². The predicted molar refractivity (Wildman–Crippen MR) is 51.4 cm³/mol. The molecule has 0 aromatic carbocycles. The smallest absolute Gasteiger partial charge is 0.190 e. The second-order valence-corrected chi connectivity index (χ2v) is 3.45. The Morgan fingerprint density at radius 2 is 2.36 bits per heavy atom. The summed E-state index contributed by atoms with van der Waals surface area (Å²) in [6.45, 7) is 0. The van der Waals surface area contributed by atoms with Gasteiger partial charge in [0.25, 0.3) is 0 Å². The minimum absolute atomic E-state index is 0.530. The van der Waals surface area contributed by atoms with E-state index in [1.807, 2.05) is 6.33 Å². The van der Waals surface area contributed by atoms with Gasteiger partial charge in [0.2, 0.25) is 0 Å². The van der Waals surface area contributed by atoms with Gasteiger partial charge in [-0.3, -0.25) is 0 Å². The fourth-order valence-electron chi connectivity index (χ4n) is 1.61. The van der Waals surface area contributed by atoms with Crippen molar-refractivity contribution in [1.82, 2.24) is 19.7 Å². The van der Waals surface area contributed by atoms with Gasteiger partial charge in [0.05, 0.1) is 18.0 Å². The summed E-state index contributed by atoms with van der Waals surface area (Å²) in [5.41, 5.74) is 4.28. The van der Waals surface area contributed by atoms with E-state index >= 15 is 0 Å². The second kappa shape index (κ2) is 2.65. The van der Waals surface area contributed by atoms with E-state index in [0.717, 1.165) is 11.0 Å². The molecule has 2 heterocycles. The van der Waals surface area contributed by atoms with E-state index in [-0.39, 0.29) is 0 Å². The van der Waals surface area contributed by atoms with Crippen molar-refractivity contribution in [3.8, 4) is 0 Å². The fourth-order valence-corrected chi connectivity index (χ4v) is 1.61. The van der Waals surface area contributed by atoms with Crippen molar-refractivity contribution in [2.24, 2.45) is 5.84 Å². The highest BCUT2D eigenvalue weighted by Gasteiger charge is 2.25. The molecule has 3 rings (SSSR count). The Hall–Kier alpha value is -1.69. The Balaban J connectivity index is 2.25. The predicted octanol–water partition coefficient (Wildman–Crippen LogP) is 0.447. The van der Waals surface area contributed by atoms with E-state index in [1.165, 1.54) is 12.8 Å². The molecule has 6 nitrogen and oxygen atoms in total. The standard InChI is InChI=1S/C8H10N6/c9-12-8-7-6(3-11-13-8)14(4-10-7)5-1-2-5/h3-5H,1-2,9H2,(H,12,13). The number of hydrogen-bond acceptors (Lipinski definition) is 5. The normalized spacial score (nSPS) is 16.1. The molecule has 14 heavy (non-hydrogen) atoms. The molecule has 0 amide bonds. The SMILES string of the molecule is NNc1nncc2c1ncn2C1CC1. The van der Waals surface area contributed by atoms with Crippen LogP contribution in [-0.4, -0.2) is 19.7 Å². The topological polar surface area (TPSA) is 81.7 Å². The number of nitrogen functional groups attached to an aromatic ring is 1. The molecule has 0 spiro atoms. The first-order chi connectivity index (χ1) is 6.90. The number of imidazole rings is 1. The summed E-state index contributed by atoms with van der Waals surface area (Å²) in [6, 6.07) is 0.592. The lowest BCUT2D eigenvalue weighted by atomic mass is 10.4. The highest BCUT2D eigenvalue weighted by atomic mass is 15.3. The van der Waals surface area contributed by atoms with Crippen LogP contribution in [0.25, 0.3) is 11.0 Å². The van der Waals surface area contributed by atoms with Gasteiger partial charge in [-0.25, -0.2) is 10.8 Å². The third kappa shape index (κ3) is 0.973. The summed E-state index contributed by atoms with van der Waals surface area (Å²) in [5.74, 6) is 5.84. The number of hydrogen-bond donors (Lipinski definition) is 2. The van der Waals surface area contributed by atoms with Crippen LogP contribution in [0.5, 0.6) is 0 Å². The van der Waals surface area contributed by atoms with E-state index < -0.39 is 0 Å². The van der Waals surface area contributed by atoms with Crippen LogP contribution in [-0.2, 0) is 0 Å². The molecular formula is C8H10N6. The van der Waals surface area contributed by atoms with Crippen molar-refractivity contribution >= 4 is 16.9 Å². The summed E-state index contributed by atoms with van der Waals surface area (Å²) in [5, 5.41) is 7.73. The lowest BCUT2D eigenvalue weighted by molar-refractivity contribution is 0.763. The zero-order chi connectivity index (χ0) is 9.54. The van der Waals surface area contributed by atoms with Crippen molar-refractivity contribution in [1.29, 1.82) is 0 Å². The fraction of sp³-hybridized carbons (Fsp3) is 0.375. The first kappa shape index (κ1) is 7.69. The minimum atomic E-state index is 0.530. The maximum Gasteiger partial charge on any atom is 0.190 e. The molecule has 1 saturated carbocycles. The number of aromatic nitrogens is 4. The zero-order valence-electron chi connectivity index (χ0n) is 7.51. The number of nitrogens with zero attached hydrogens (tertiary/aromatic N) is 4. The molecule has 0 atom stereocenters. The van der Waals surface area contributed by atoms with Gasteiger partial charge in [0, 0.05) is 6.04 Å². The molecule has 0 saturated heterocycles. The Kier molecular flexibility index (Phi) is 1.45. The number of nitrogens with one attached hydrogen (secondary N) is 1. The Morgan fingerprint density at radius 1 is 1.50 bits per heavy atom. The molecule has 0 bridgehead atoms. The molecule has 0 radical (unpaired) electrons. The molecule has 1 fully saturated rings. The van der Waals surface area contributed by atoms with Crippen LogP contribution in [0.3, 0.4) is 0 Å². The molecule has 2 aromatic heterocycles. The number of anilines is 1. The van der Waals surface area contributed by atoms with Gasteiger partial charge in [-0.05, 0) is 12.8 Å². The molecule has 1 aliphatic carbocycles. The third-order valence-corrected chi connectivity index (χ3v) is 2.47. The van der Waals surface area contributed by atoms with E-state index in [9.17, 15) is 0 Å². The van der Waals surface area contributed by atoms with E-state index in [0.29, 0.717) is 11.9 Å². The largest absolute Gasteiger partial charge is 0.326 e. The first-order valence-electron chi connectivity index (χ1n) is 4.55. The Labute approximate surface area is 80.1 Å². The van der Waals surface area contributed by atoms with Crippen LogP contribution in [0.4, 0.5) is 5.82 Å². The third-order valence-electron chi connectivity index (χ3n) is 2.47. The zero-order valence-corrected chi connectivity index (χ0v) is 7.51. The summed E-state index contributed by atoms with van der Waals surface area (Å²) >= 11 is 0. The van der Waals surface area contributed by atoms with Crippen molar-refractivity contribution in [3.05, 3.63) is 12.5 Å². The molecular weight excluding hydrogens is 180 g/mol. The Bertz CT molecular complexity index is 472. The van der Waals surface area contributed by atoms with Gasteiger partial charge in [-0.2, -0.15) is 5.10 Å². The average molecular weight is 190 g/mol. The van der Waals surface area contributed by atoms with Gasteiger partial charge in [-0.15, -0.1) is 5.10 Å². The number of rotatable bonds is 2. The van der Waals surface area contributed by atoms with Crippen LogP contribution in [0.2, 0.25) is 0 Å². The first-order valence-corrected chi connectivity index (χ1v) is 4.55. The highest BCUT2D eigenvalue weighted by molar-refractivity contribution is 5.84. The summed E-state index contributed by atoms with van der Waals surface area (Å²) in [6.07, 6.45) is 5.99. The number of nitrogens with two attached hydrogens (primary N) is 1. The number of fused-ring (bicyclic) bond motifs is 1. The van der Waals surface area contributed by atoms with Gasteiger partial charge in [0.1, 0.15) is 5.52 Å².